The van der Waals surface area contributed by atoms with E-state index in [9.17, 15) is 5.11 Å². The molecule has 0 saturated heterocycles. The van der Waals surface area contributed by atoms with Gasteiger partial charge in [-0.15, -0.1) is 0 Å². The Labute approximate surface area is 57.1 Å². The Hall–Kier alpha value is -0.0400. The maximum Gasteiger partial charge on any atom is 0.0960 e. The van der Waals surface area contributed by atoms with Gasteiger partial charge in [0.2, 0.25) is 0 Å². The zero-order chi connectivity index (χ0) is 7.02. The van der Waals surface area contributed by atoms with Crippen molar-refractivity contribution in [1.82, 2.24) is 0 Å². The molecular weight excluding hydrogens is 112 g/mol. The number of hydrogen-bond donors (Lipinski definition) is 0. The van der Waals surface area contributed by atoms with Gasteiger partial charge >= 0.3 is 0 Å². The Bertz CT molecular complexity index is 88.7. The van der Waals surface area contributed by atoms with E-state index in [1.54, 1.807) is 0 Å². The van der Waals surface area contributed by atoms with Crippen LogP contribution in [-0.2, 0) is 5.11 Å². The molecule has 1 radical (unpaired) electrons. The molecule has 9 heavy (non-hydrogen) atoms. The highest BCUT2D eigenvalue weighted by atomic mass is 16.3. The minimum absolute atomic E-state index is 0.282. The molecular formula is C8H15O. The summed E-state index contributed by atoms with van der Waals surface area (Å²) in [6, 6.07) is 0. The average Bonchev–Trinajstić information content (AvgIpc) is 1.98. The Kier molecular flexibility index (Phi) is 1.80. The van der Waals surface area contributed by atoms with Crippen molar-refractivity contribution >= 4 is 0 Å². The standard InChI is InChI=1S/C8H15O/c1-5-4-8(9)7(3)6(5)2/h5-8H,4H2,1-3H3. The van der Waals surface area contributed by atoms with Crippen LogP contribution in [0, 0.1) is 17.8 Å². The fourth-order valence-corrected chi connectivity index (χ4v) is 1.65. The summed E-state index contributed by atoms with van der Waals surface area (Å²) in [5, 5.41) is 11.1. The molecule has 1 aliphatic rings. The summed E-state index contributed by atoms with van der Waals surface area (Å²) in [5.41, 5.74) is 0. The summed E-state index contributed by atoms with van der Waals surface area (Å²) < 4.78 is 0. The highest BCUT2D eigenvalue weighted by Crippen LogP contribution is 2.36. The molecule has 1 heteroatoms. The third kappa shape index (κ3) is 1.11. The Morgan fingerprint density at radius 3 is 1.78 bits per heavy atom. The molecule has 0 aromatic rings. The lowest BCUT2D eigenvalue weighted by molar-refractivity contribution is 0.0547. The first kappa shape index (κ1) is 7.07. The topological polar surface area (TPSA) is 19.9 Å². The van der Waals surface area contributed by atoms with Crippen LogP contribution in [0.25, 0.3) is 0 Å². The summed E-state index contributed by atoms with van der Waals surface area (Å²) in [7, 11) is 0. The monoisotopic (exact) mass is 127 g/mol. The minimum Gasteiger partial charge on any atom is -0.233 e. The van der Waals surface area contributed by atoms with Gasteiger partial charge in [0.25, 0.3) is 0 Å². The third-order valence-electron chi connectivity index (χ3n) is 2.92. The van der Waals surface area contributed by atoms with Crippen LogP contribution in [0.5, 0.6) is 0 Å². The second-order valence-electron chi connectivity index (χ2n) is 3.47. The van der Waals surface area contributed by atoms with E-state index in [0.29, 0.717) is 17.8 Å². The lowest BCUT2D eigenvalue weighted by Gasteiger charge is -2.12. The largest absolute Gasteiger partial charge is 0.233 e. The molecule has 0 aromatic carbocycles. The molecule has 0 N–H and O–H groups in total. The Morgan fingerprint density at radius 1 is 1.11 bits per heavy atom. The molecule has 1 nitrogen and oxygen atoms in total. The van der Waals surface area contributed by atoms with Gasteiger partial charge in [0.15, 0.2) is 0 Å². The van der Waals surface area contributed by atoms with Crippen molar-refractivity contribution in [2.75, 3.05) is 0 Å². The van der Waals surface area contributed by atoms with E-state index in [1.807, 2.05) is 0 Å². The molecule has 1 aliphatic carbocycles. The SMILES string of the molecule is CC1CC([O])C(C)C1C. The average molecular weight is 127 g/mol. The maximum atomic E-state index is 11.1. The van der Waals surface area contributed by atoms with E-state index < -0.39 is 0 Å². The van der Waals surface area contributed by atoms with Crippen LogP contribution < -0.4 is 0 Å². The van der Waals surface area contributed by atoms with Gasteiger partial charge in [-0.1, -0.05) is 20.8 Å². The van der Waals surface area contributed by atoms with Crippen LogP contribution in [-0.4, -0.2) is 6.10 Å². The van der Waals surface area contributed by atoms with Gasteiger partial charge in [0.05, 0.1) is 6.10 Å². The van der Waals surface area contributed by atoms with Gasteiger partial charge in [0.1, 0.15) is 0 Å². The van der Waals surface area contributed by atoms with Gasteiger partial charge in [0, 0.05) is 0 Å². The second kappa shape index (κ2) is 2.30. The fraction of sp³-hybridized carbons (Fsp3) is 1.00. The van der Waals surface area contributed by atoms with Gasteiger partial charge in [-0.3, -0.25) is 0 Å². The number of rotatable bonds is 0. The predicted octanol–water partition coefficient (Wildman–Crippen LogP) is 2.10. The highest BCUT2D eigenvalue weighted by Gasteiger charge is 2.34. The fourth-order valence-electron chi connectivity index (χ4n) is 1.65. The summed E-state index contributed by atoms with van der Waals surface area (Å²) >= 11 is 0. The van der Waals surface area contributed by atoms with Crippen molar-refractivity contribution in [3.05, 3.63) is 0 Å². The van der Waals surface area contributed by atoms with Crippen molar-refractivity contribution in [3.63, 3.8) is 0 Å². The van der Waals surface area contributed by atoms with Crippen molar-refractivity contribution in [3.8, 4) is 0 Å². The Balaban J connectivity index is 2.54. The molecule has 0 heterocycles. The first-order chi connectivity index (χ1) is 4.13. The molecule has 1 fully saturated rings. The van der Waals surface area contributed by atoms with Crippen LogP contribution in [0.4, 0.5) is 0 Å². The molecule has 0 bridgehead atoms. The lowest BCUT2D eigenvalue weighted by Crippen LogP contribution is -2.12. The molecule has 4 atom stereocenters. The summed E-state index contributed by atoms with van der Waals surface area (Å²) in [5.74, 6) is 1.70. The molecule has 0 amide bonds. The van der Waals surface area contributed by atoms with Gasteiger partial charge in [-0.2, -0.15) is 0 Å². The quantitative estimate of drug-likeness (QED) is 0.475. The zero-order valence-corrected chi connectivity index (χ0v) is 6.42. The molecule has 4 unspecified atom stereocenters. The first-order valence-corrected chi connectivity index (χ1v) is 3.78. The molecule has 1 rings (SSSR count). The summed E-state index contributed by atoms with van der Waals surface area (Å²) in [6.45, 7) is 6.44. The molecule has 53 valence electrons. The Morgan fingerprint density at radius 2 is 1.67 bits per heavy atom. The summed E-state index contributed by atoms with van der Waals surface area (Å²) in [6.07, 6.45) is 0.609. The molecule has 0 aromatic heterocycles. The highest BCUT2D eigenvalue weighted by molar-refractivity contribution is 4.83. The first-order valence-electron chi connectivity index (χ1n) is 3.78. The van der Waals surface area contributed by atoms with Crippen LogP contribution in [0.2, 0.25) is 0 Å². The lowest BCUT2D eigenvalue weighted by atomic mass is 9.94. The van der Waals surface area contributed by atoms with E-state index in [0.717, 1.165) is 6.42 Å². The zero-order valence-electron chi connectivity index (χ0n) is 6.42. The normalized spacial score (nSPS) is 52.0. The minimum atomic E-state index is -0.282. The van der Waals surface area contributed by atoms with E-state index in [-0.39, 0.29) is 6.10 Å². The second-order valence-corrected chi connectivity index (χ2v) is 3.47. The van der Waals surface area contributed by atoms with Crippen LogP contribution in [0.1, 0.15) is 27.2 Å². The molecule has 0 aliphatic heterocycles. The van der Waals surface area contributed by atoms with Gasteiger partial charge in [-0.25, -0.2) is 5.11 Å². The molecule has 1 saturated carbocycles. The van der Waals surface area contributed by atoms with Gasteiger partial charge < -0.3 is 0 Å². The maximum absolute atomic E-state index is 11.1. The van der Waals surface area contributed by atoms with Crippen molar-refractivity contribution in [1.29, 1.82) is 0 Å². The van der Waals surface area contributed by atoms with Crippen molar-refractivity contribution < 1.29 is 5.11 Å². The number of hydrogen-bond acceptors (Lipinski definition) is 0. The van der Waals surface area contributed by atoms with E-state index >= 15 is 0 Å². The third-order valence-corrected chi connectivity index (χ3v) is 2.92. The van der Waals surface area contributed by atoms with E-state index in [1.165, 1.54) is 0 Å². The van der Waals surface area contributed by atoms with Crippen LogP contribution >= 0.6 is 0 Å². The van der Waals surface area contributed by atoms with E-state index in [2.05, 4.69) is 20.8 Å². The molecule has 0 spiro atoms. The van der Waals surface area contributed by atoms with Gasteiger partial charge in [-0.05, 0) is 24.2 Å². The van der Waals surface area contributed by atoms with Crippen molar-refractivity contribution in [2.24, 2.45) is 17.8 Å². The summed E-state index contributed by atoms with van der Waals surface area (Å²) in [4.78, 5) is 0. The van der Waals surface area contributed by atoms with Crippen molar-refractivity contribution in [2.45, 2.75) is 33.3 Å². The smallest absolute Gasteiger partial charge is 0.0960 e. The van der Waals surface area contributed by atoms with E-state index in [4.69, 9.17) is 0 Å². The van der Waals surface area contributed by atoms with Crippen LogP contribution in [0.3, 0.4) is 0 Å². The predicted molar refractivity (Wildman–Crippen MR) is 36.6 cm³/mol. The van der Waals surface area contributed by atoms with Crippen LogP contribution in [0.15, 0.2) is 0 Å².